The van der Waals surface area contributed by atoms with Gasteiger partial charge in [0.2, 0.25) is 0 Å². The van der Waals surface area contributed by atoms with E-state index in [0.717, 1.165) is 13.1 Å². The Morgan fingerprint density at radius 1 is 1.19 bits per heavy atom. The number of nitrogens with one attached hydrogen (secondary N) is 1. The predicted octanol–water partition coefficient (Wildman–Crippen LogP) is 3.53. The van der Waals surface area contributed by atoms with Gasteiger partial charge in [-0.2, -0.15) is 11.8 Å². The summed E-state index contributed by atoms with van der Waals surface area (Å²) in [5.74, 6) is 0. The number of hydrogen-bond acceptors (Lipinski definition) is 2. The van der Waals surface area contributed by atoms with E-state index in [0.29, 0.717) is 4.75 Å². The first-order valence-electron chi connectivity index (χ1n) is 5.76. The first-order chi connectivity index (χ1) is 7.44. The second kappa shape index (κ2) is 5.74. The highest BCUT2D eigenvalue weighted by atomic mass is 32.2. The second-order valence-electron chi connectivity index (χ2n) is 4.99. The Hall–Kier alpha value is -0.470. The van der Waals surface area contributed by atoms with Gasteiger partial charge in [-0.05, 0) is 50.6 Å². The van der Waals surface area contributed by atoms with Crippen molar-refractivity contribution in [3.05, 3.63) is 34.9 Å². The lowest BCUT2D eigenvalue weighted by molar-refractivity contribution is 0.591. The predicted molar refractivity (Wildman–Crippen MR) is 75.2 cm³/mol. The summed E-state index contributed by atoms with van der Waals surface area (Å²) < 4.78 is 0.319. The molecule has 1 aromatic carbocycles. The van der Waals surface area contributed by atoms with Gasteiger partial charge in [0.15, 0.2) is 0 Å². The fourth-order valence-corrected chi connectivity index (χ4v) is 1.74. The third kappa shape index (κ3) is 4.18. The van der Waals surface area contributed by atoms with Crippen LogP contribution in [0, 0.1) is 13.8 Å². The number of aryl methyl sites for hydroxylation is 2. The Morgan fingerprint density at radius 2 is 1.88 bits per heavy atom. The Morgan fingerprint density at radius 3 is 2.44 bits per heavy atom. The van der Waals surface area contributed by atoms with E-state index in [2.05, 4.69) is 57.5 Å². The lowest BCUT2D eigenvalue weighted by Gasteiger charge is -2.22. The molecular formula is C14H23NS. The smallest absolute Gasteiger partial charge is 0.0225 e. The van der Waals surface area contributed by atoms with Crippen LogP contribution >= 0.6 is 11.8 Å². The van der Waals surface area contributed by atoms with Gasteiger partial charge in [-0.25, -0.2) is 0 Å². The number of rotatable bonds is 5. The van der Waals surface area contributed by atoms with Crippen LogP contribution in [0.2, 0.25) is 0 Å². The summed E-state index contributed by atoms with van der Waals surface area (Å²) in [5.41, 5.74) is 4.12. The number of hydrogen-bond donors (Lipinski definition) is 1. The molecule has 1 rings (SSSR count). The van der Waals surface area contributed by atoms with E-state index in [-0.39, 0.29) is 0 Å². The van der Waals surface area contributed by atoms with Gasteiger partial charge < -0.3 is 5.32 Å². The average molecular weight is 237 g/mol. The van der Waals surface area contributed by atoms with Crippen molar-refractivity contribution < 1.29 is 0 Å². The van der Waals surface area contributed by atoms with E-state index in [4.69, 9.17) is 0 Å². The molecule has 90 valence electrons. The Labute approximate surface area is 104 Å². The molecule has 0 fully saturated rings. The Balaban J connectivity index is 2.46. The van der Waals surface area contributed by atoms with E-state index in [1.807, 2.05) is 11.8 Å². The molecule has 2 heteroatoms. The maximum absolute atomic E-state index is 3.52. The topological polar surface area (TPSA) is 12.0 Å². The Kier molecular flexibility index (Phi) is 4.88. The maximum Gasteiger partial charge on any atom is 0.0225 e. The van der Waals surface area contributed by atoms with Crippen molar-refractivity contribution in [1.82, 2.24) is 5.32 Å². The van der Waals surface area contributed by atoms with Gasteiger partial charge in [0.25, 0.3) is 0 Å². The minimum atomic E-state index is 0.319. The molecule has 0 saturated carbocycles. The van der Waals surface area contributed by atoms with Gasteiger partial charge in [0, 0.05) is 17.8 Å². The zero-order chi connectivity index (χ0) is 12.2. The standard InChI is InChI=1S/C14H23NS/c1-11-6-7-13(8-12(11)2)9-15-10-14(3,4)16-5/h6-8,15H,9-10H2,1-5H3. The van der Waals surface area contributed by atoms with E-state index >= 15 is 0 Å². The molecule has 0 amide bonds. The summed E-state index contributed by atoms with van der Waals surface area (Å²) in [4.78, 5) is 0. The largest absolute Gasteiger partial charge is 0.311 e. The van der Waals surface area contributed by atoms with Gasteiger partial charge in [0.05, 0.1) is 0 Å². The zero-order valence-electron chi connectivity index (χ0n) is 11.1. The van der Waals surface area contributed by atoms with Gasteiger partial charge in [-0.1, -0.05) is 18.2 Å². The molecule has 1 N–H and O–H groups in total. The highest BCUT2D eigenvalue weighted by Crippen LogP contribution is 2.19. The molecule has 0 radical (unpaired) electrons. The lowest BCUT2D eigenvalue weighted by atomic mass is 10.1. The molecule has 1 nitrogen and oxygen atoms in total. The Bertz CT molecular complexity index is 345. The summed E-state index contributed by atoms with van der Waals surface area (Å²) in [6, 6.07) is 6.68. The molecule has 0 aromatic heterocycles. The molecule has 16 heavy (non-hydrogen) atoms. The van der Waals surface area contributed by atoms with Gasteiger partial charge in [0.1, 0.15) is 0 Å². The van der Waals surface area contributed by atoms with Gasteiger partial charge in [-0.3, -0.25) is 0 Å². The molecule has 0 aliphatic heterocycles. The fourth-order valence-electron chi connectivity index (χ4n) is 1.49. The fraction of sp³-hybridized carbons (Fsp3) is 0.571. The molecule has 0 heterocycles. The van der Waals surface area contributed by atoms with Crippen molar-refractivity contribution in [3.8, 4) is 0 Å². The number of benzene rings is 1. The van der Waals surface area contributed by atoms with Crippen molar-refractivity contribution in [2.24, 2.45) is 0 Å². The molecule has 0 bridgehead atoms. The molecule has 1 aromatic rings. The first-order valence-corrected chi connectivity index (χ1v) is 6.99. The van der Waals surface area contributed by atoms with Crippen LogP contribution in [-0.2, 0) is 6.54 Å². The van der Waals surface area contributed by atoms with Crippen molar-refractivity contribution in [1.29, 1.82) is 0 Å². The zero-order valence-corrected chi connectivity index (χ0v) is 11.9. The molecule has 0 unspecified atom stereocenters. The van der Waals surface area contributed by atoms with Crippen LogP contribution in [0.25, 0.3) is 0 Å². The quantitative estimate of drug-likeness (QED) is 0.840. The van der Waals surface area contributed by atoms with Crippen LogP contribution < -0.4 is 5.32 Å². The van der Waals surface area contributed by atoms with Crippen molar-refractivity contribution in [3.63, 3.8) is 0 Å². The van der Waals surface area contributed by atoms with Gasteiger partial charge in [-0.15, -0.1) is 0 Å². The van der Waals surface area contributed by atoms with E-state index in [1.165, 1.54) is 16.7 Å². The van der Waals surface area contributed by atoms with Crippen molar-refractivity contribution in [2.75, 3.05) is 12.8 Å². The van der Waals surface area contributed by atoms with Gasteiger partial charge >= 0.3 is 0 Å². The molecule has 0 atom stereocenters. The summed E-state index contributed by atoms with van der Waals surface area (Å²) in [7, 11) is 0. The monoisotopic (exact) mass is 237 g/mol. The van der Waals surface area contributed by atoms with E-state index in [1.54, 1.807) is 0 Å². The van der Waals surface area contributed by atoms with E-state index < -0.39 is 0 Å². The third-order valence-corrected chi connectivity index (χ3v) is 4.25. The summed E-state index contributed by atoms with van der Waals surface area (Å²) >= 11 is 1.91. The normalized spacial score (nSPS) is 11.8. The second-order valence-corrected chi connectivity index (χ2v) is 6.50. The summed E-state index contributed by atoms with van der Waals surface area (Å²) in [5, 5.41) is 3.52. The van der Waals surface area contributed by atoms with Crippen LogP contribution in [0.15, 0.2) is 18.2 Å². The molecule has 0 spiro atoms. The van der Waals surface area contributed by atoms with Crippen molar-refractivity contribution >= 4 is 11.8 Å². The van der Waals surface area contributed by atoms with Crippen LogP contribution in [0.1, 0.15) is 30.5 Å². The minimum absolute atomic E-state index is 0.319. The van der Waals surface area contributed by atoms with Crippen LogP contribution in [0.4, 0.5) is 0 Å². The van der Waals surface area contributed by atoms with Crippen molar-refractivity contribution in [2.45, 2.75) is 39.0 Å². The molecule has 0 saturated heterocycles. The summed E-state index contributed by atoms with van der Waals surface area (Å²) in [6.07, 6.45) is 2.16. The SMILES string of the molecule is CSC(C)(C)CNCc1ccc(C)c(C)c1. The molecule has 0 aliphatic carbocycles. The maximum atomic E-state index is 3.52. The first kappa shape index (κ1) is 13.6. The van der Waals surface area contributed by atoms with Crippen LogP contribution in [0.5, 0.6) is 0 Å². The lowest BCUT2D eigenvalue weighted by Crippen LogP contribution is -2.31. The van der Waals surface area contributed by atoms with E-state index in [9.17, 15) is 0 Å². The highest BCUT2D eigenvalue weighted by Gasteiger charge is 2.14. The molecular weight excluding hydrogens is 214 g/mol. The third-order valence-electron chi connectivity index (χ3n) is 3.00. The van der Waals surface area contributed by atoms with Crippen LogP contribution in [0.3, 0.4) is 0 Å². The highest BCUT2D eigenvalue weighted by molar-refractivity contribution is 7.99. The summed E-state index contributed by atoms with van der Waals surface area (Å²) in [6.45, 7) is 10.9. The van der Waals surface area contributed by atoms with Crippen LogP contribution in [-0.4, -0.2) is 17.5 Å². The minimum Gasteiger partial charge on any atom is -0.311 e. The molecule has 0 aliphatic rings. The average Bonchev–Trinajstić information content (AvgIpc) is 2.23. The number of thioether (sulfide) groups is 1.